The van der Waals surface area contributed by atoms with Crippen molar-refractivity contribution in [2.24, 2.45) is 0 Å². The van der Waals surface area contributed by atoms with Crippen molar-refractivity contribution in [1.29, 1.82) is 0 Å². The van der Waals surface area contributed by atoms with Crippen molar-refractivity contribution in [3.63, 3.8) is 0 Å². The van der Waals surface area contributed by atoms with Crippen LogP contribution in [-0.4, -0.2) is 56.4 Å². The van der Waals surface area contributed by atoms with Gasteiger partial charge in [-0.25, -0.2) is 14.4 Å². The molecule has 0 unspecified atom stereocenters. The summed E-state index contributed by atoms with van der Waals surface area (Å²) in [6.45, 7) is 7.41. The van der Waals surface area contributed by atoms with Gasteiger partial charge in [0.25, 0.3) is 0 Å². The van der Waals surface area contributed by atoms with E-state index in [9.17, 15) is 14.4 Å². The predicted octanol–water partition coefficient (Wildman–Crippen LogP) is 3.02. The van der Waals surface area contributed by atoms with E-state index in [1.165, 1.54) is 4.90 Å². The molecular weight excluding hydrogens is 392 g/mol. The Bertz CT molecular complexity index is 707. The van der Waals surface area contributed by atoms with Gasteiger partial charge in [0.15, 0.2) is 8.96 Å². The van der Waals surface area contributed by atoms with Gasteiger partial charge in [-0.15, -0.1) is 0 Å². The zero-order valence-electron chi connectivity index (χ0n) is 17.4. The van der Waals surface area contributed by atoms with Gasteiger partial charge >= 0.3 is 18.2 Å². The highest BCUT2D eigenvalue weighted by atomic mass is 28.3. The van der Waals surface area contributed by atoms with E-state index in [4.69, 9.17) is 14.2 Å². The first-order valence-electron chi connectivity index (χ1n) is 9.68. The van der Waals surface area contributed by atoms with Crippen molar-refractivity contribution >= 4 is 27.1 Å². The van der Waals surface area contributed by atoms with Gasteiger partial charge in [0.1, 0.15) is 18.2 Å². The number of amides is 2. The zero-order valence-corrected chi connectivity index (χ0v) is 18.4. The molecular formula is C20H29N2O6Si. The van der Waals surface area contributed by atoms with E-state index in [-0.39, 0.29) is 19.4 Å². The number of rotatable bonds is 5. The van der Waals surface area contributed by atoms with Crippen molar-refractivity contribution in [2.75, 3.05) is 12.8 Å². The van der Waals surface area contributed by atoms with Crippen LogP contribution in [0.15, 0.2) is 30.3 Å². The Balaban J connectivity index is 1.97. The van der Waals surface area contributed by atoms with Crippen molar-refractivity contribution in [2.45, 2.75) is 58.4 Å². The van der Waals surface area contributed by atoms with Gasteiger partial charge in [0.2, 0.25) is 0 Å². The number of esters is 1. The lowest BCUT2D eigenvalue weighted by molar-refractivity contribution is -0.149. The fraction of sp³-hybridized carbons (Fsp3) is 0.550. The Kier molecular flexibility index (Phi) is 8.07. The van der Waals surface area contributed by atoms with Crippen LogP contribution in [-0.2, 0) is 25.6 Å². The molecule has 0 bridgehead atoms. The number of nitrogens with one attached hydrogen (secondary N) is 1. The van der Waals surface area contributed by atoms with Gasteiger partial charge in [-0.05, 0) is 45.7 Å². The van der Waals surface area contributed by atoms with Gasteiger partial charge in [-0.1, -0.05) is 30.3 Å². The molecule has 0 aliphatic carbocycles. The van der Waals surface area contributed by atoms with Crippen LogP contribution in [0.2, 0.25) is 6.04 Å². The minimum absolute atomic E-state index is 0.170. The summed E-state index contributed by atoms with van der Waals surface area (Å²) < 4.78 is 15.8. The van der Waals surface area contributed by atoms with E-state index in [1.54, 1.807) is 27.7 Å². The predicted molar refractivity (Wildman–Crippen MR) is 108 cm³/mol. The Labute approximate surface area is 173 Å². The van der Waals surface area contributed by atoms with E-state index < -0.39 is 38.8 Å². The second-order valence-electron chi connectivity index (χ2n) is 7.71. The van der Waals surface area contributed by atoms with Gasteiger partial charge < -0.3 is 19.2 Å². The number of carbonyl (C=O) groups is 3. The highest BCUT2D eigenvalue weighted by molar-refractivity contribution is 6.59. The summed E-state index contributed by atoms with van der Waals surface area (Å²) in [4.78, 5) is 41.4. The van der Waals surface area contributed by atoms with E-state index in [2.05, 4.69) is 4.98 Å². The molecule has 0 spiro atoms. The van der Waals surface area contributed by atoms with Crippen LogP contribution in [0.1, 0.15) is 39.7 Å². The average molecular weight is 422 g/mol. The van der Waals surface area contributed by atoms with Crippen molar-refractivity contribution < 1.29 is 28.6 Å². The SMILES string of the molecule is CCOC(=O)[C@H]1CC[Si](NC(=O)OCc2ccccc2)CN1C(=O)OC(C)(C)C. The number of benzene rings is 1. The average Bonchev–Trinajstić information content (AvgIpc) is 2.66. The van der Waals surface area contributed by atoms with Gasteiger partial charge in [0.05, 0.1) is 6.61 Å². The first-order valence-corrected chi connectivity index (χ1v) is 11.6. The molecule has 1 aliphatic heterocycles. The largest absolute Gasteiger partial charge is 0.464 e. The summed E-state index contributed by atoms with van der Waals surface area (Å²) in [5, 5.41) is 0. The molecule has 9 heteroatoms. The summed E-state index contributed by atoms with van der Waals surface area (Å²) >= 11 is 0. The number of ether oxygens (including phenoxy) is 3. The third-order valence-electron chi connectivity index (χ3n) is 4.14. The molecule has 8 nitrogen and oxygen atoms in total. The van der Waals surface area contributed by atoms with Crippen LogP contribution in [0.25, 0.3) is 0 Å². The smallest absolute Gasteiger partial charge is 0.410 e. The number of hydrogen-bond donors (Lipinski definition) is 1. The topological polar surface area (TPSA) is 94.2 Å². The molecule has 29 heavy (non-hydrogen) atoms. The quantitative estimate of drug-likeness (QED) is 0.446. The molecule has 1 aromatic rings. The molecule has 159 valence electrons. The first-order chi connectivity index (χ1) is 13.7. The second-order valence-corrected chi connectivity index (χ2v) is 9.98. The maximum absolute atomic E-state index is 12.6. The molecule has 1 N–H and O–H groups in total. The Morgan fingerprint density at radius 3 is 2.48 bits per heavy atom. The molecule has 1 heterocycles. The molecule has 1 aromatic carbocycles. The van der Waals surface area contributed by atoms with Crippen LogP contribution >= 0.6 is 0 Å². The molecule has 2 amide bonds. The fourth-order valence-electron chi connectivity index (χ4n) is 2.86. The fourth-order valence-corrected chi connectivity index (χ4v) is 4.97. The second kappa shape index (κ2) is 10.3. The highest BCUT2D eigenvalue weighted by Crippen LogP contribution is 2.21. The van der Waals surface area contributed by atoms with Crippen LogP contribution in [0, 0.1) is 0 Å². The molecule has 1 atom stereocenters. The summed E-state index contributed by atoms with van der Waals surface area (Å²) in [5.74, 6) is -0.453. The Hall–Kier alpha value is -2.55. The lowest BCUT2D eigenvalue weighted by atomic mass is 10.2. The molecule has 1 radical (unpaired) electrons. The van der Waals surface area contributed by atoms with Crippen LogP contribution in [0.5, 0.6) is 0 Å². The monoisotopic (exact) mass is 421 g/mol. The minimum Gasteiger partial charge on any atom is -0.464 e. The molecule has 0 saturated carbocycles. The summed E-state index contributed by atoms with van der Waals surface area (Å²) in [6.07, 6.45) is -0.465. The van der Waals surface area contributed by atoms with Gasteiger partial charge in [0, 0.05) is 6.17 Å². The zero-order chi connectivity index (χ0) is 21.4. The minimum atomic E-state index is -1.49. The highest BCUT2D eigenvalue weighted by Gasteiger charge is 2.40. The maximum Gasteiger partial charge on any atom is 0.410 e. The van der Waals surface area contributed by atoms with Gasteiger partial charge in [-0.3, -0.25) is 4.90 Å². The lowest BCUT2D eigenvalue weighted by Gasteiger charge is -2.37. The van der Waals surface area contributed by atoms with Crippen LogP contribution in [0.3, 0.4) is 0 Å². The normalized spacial score (nSPS) is 17.4. The third-order valence-corrected chi connectivity index (χ3v) is 6.31. The van der Waals surface area contributed by atoms with E-state index >= 15 is 0 Å². The van der Waals surface area contributed by atoms with E-state index in [0.717, 1.165) is 5.56 Å². The Morgan fingerprint density at radius 2 is 1.86 bits per heavy atom. The standard InChI is InChI=1S/C20H29N2O6Si/c1-5-26-17(23)16-11-12-29(14-22(16)19(25)28-20(2,3)4)21-18(24)27-13-15-9-7-6-8-10-15/h6-10,16H,5,11-14H2,1-4H3,(H,21,24)/t16-/m1/s1. The third kappa shape index (κ3) is 7.41. The number of nitrogens with zero attached hydrogens (tertiary/aromatic N) is 1. The lowest BCUT2D eigenvalue weighted by Crippen LogP contribution is -2.59. The molecule has 1 fully saturated rings. The summed E-state index contributed by atoms with van der Waals surface area (Å²) in [5.41, 5.74) is 0.198. The van der Waals surface area contributed by atoms with Crippen molar-refractivity contribution in [3.05, 3.63) is 35.9 Å². The van der Waals surface area contributed by atoms with Crippen LogP contribution < -0.4 is 4.98 Å². The molecule has 2 rings (SSSR count). The number of carbonyl (C=O) groups excluding carboxylic acids is 3. The van der Waals surface area contributed by atoms with Crippen molar-refractivity contribution in [1.82, 2.24) is 9.88 Å². The summed E-state index contributed by atoms with van der Waals surface area (Å²) in [7, 11) is -1.49. The number of hydrogen-bond acceptors (Lipinski definition) is 6. The molecule has 1 saturated heterocycles. The maximum atomic E-state index is 12.6. The van der Waals surface area contributed by atoms with E-state index in [1.807, 2.05) is 30.3 Å². The van der Waals surface area contributed by atoms with Crippen LogP contribution in [0.4, 0.5) is 9.59 Å². The first kappa shape index (κ1) is 22.7. The molecule has 0 aromatic heterocycles. The Morgan fingerprint density at radius 1 is 1.17 bits per heavy atom. The summed E-state index contributed by atoms with van der Waals surface area (Å²) in [6, 6.07) is 9.29. The van der Waals surface area contributed by atoms with Gasteiger partial charge in [-0.2, -0.15) is 0 Å². The van der Waals surface area contributed by atoms with Crippen molar-refractivity contribution in [3.8, 4) is 0 Å². The molecule has 1 aliphatic rings. The van der Waals surface area contributed by atoms with E-state index in [0.29, 0.717) is 12.5 Å².